The largest absolute Gasteiger partial charge is 0.491 e. The standard InChI is InChI=1S/C23H26F3N3O2/c24-23(25,26)20-5-1-19(2-6-20)15-28-11-13-29(14-12-28)16-21(30)17-31-22-7-3-18(4-8-22)9-10-27/h1-8,21,30H,9,11-17H2. The molecule has 166 valence electrons. The number of hydrogen-bond acceptors (Lipinski definition) is 5. The smallest absolute Gasteiger partial charge is 0.416 e. The molecule has 0 saturated carbocycles. The van der Waals surface area contributed by atoms with Gasteiger partial charge in [-0.1, -0.05) is 24.3 Å². The Morgan fingerprint density at radius 2 is 1.52 bits per heavy atom. The molecule has 1 atom stereocenters. The third-order valence-corrected chi connectivity index (χ3v) is 5.27. The molecule has 1 N–H and O–H groups in total. The van der Waals surface area contributed by atoms with E-state index < -0.39 is 17.8 Å². The van der Waals surface area contributed by atoms with E-state index in [2.05, 4.69) is 15.9 Å². The summed E-state index contributed by atoms with van der Waals surface area (Å²) in [6.07, 6.45) is -4.58. The van der Waals surface area contributed by atoms with Gasteiger partial charge in [0.05, 0.1) is 18.1 Å². The van der Waals surface area contributed by atoms with Crippen molar-refractivity contribution >= 4 is 0 Å². The van der Waals surface area contributed by atoms with E-state index in [9.17, 15) is 18.3 Å². The predicted octanol–water partition coefficient (Wildman–Crippen LogP) is 3.33. The van der Waals surface area contributed by atoms with Crippen LogP contribution in [0.25, 0.3) is 0 Å². The minimum absolute atomic E-state index is 0.184. The Morgan fingerprint density at radius 3 is 2.10 bits per heavy atom. The summed E-state index contributed by atoms with van der Waals surface area (Å²) in [6.45, 7) is 4.43. The highest BCUT2D eigenvalue weighted by molar-refractivity contribution is 5.28. The molecule has 0 amide bonds. The molecule has 1 saturated heterocycles. The second kappa shape index (κ2) is 10.6. The van der Waals surface area contributed by atoms with Crippen molar-refractivity contribution in [1.29, 1.82) is 5.26 Å². The molecular formula is C23H26F3N3O2. The molecule has 8 heteroatoms. The van der Waals surface area contributed by atoms with Crippen LogP contribution in [0, 0.1) is 11.3 Å². The average molecular weight is 433 g/mol. The molecule has 2 aromatic rings. The SMILES string of the molecule is N#CCc1ccc(OCC(O)CN2CCN(Cc3ccc(C(F)(F)F)cc3)CC2)cc1. The number of hydrogen-bond donors (Lipinski definition) is 1. The molecule has 0 aliphatic carbocycles. The number of nitriles is 1. The molecule has 3 rings (SSSR count). The molecule has 0 radical (unpaired) electrons. The molecule has 0 bridgehead atoms. The van der Waals surface area contributed by atoms with Gasteiger partial charge in [-0.05, 0) is 35.4 Å². The first-order valence-corrected chi connectivity index (χ1v) is 10.2. The Hall–Kier alpha value is -2.60. The molecule has 0 spiro atoms. The summed E-state index contributed by atoms with van der Waals surface area (Å²) in [5.74, 6) is 0.655. The third-order valence-electron chi connectivity index (χ3n) is 5.27. The first-order valence-electron chi connectivity index (χ1n) is 10.2. The number of alkyl halides is 3. The van der Waals surface area contributed by atoms with E-state index in [0.717, 1.165) is 49.4 Å². The van der Waals surface area contributed by atoms with Gasteiger partial charge in [-0.25, -0.2) is 0 Å². The summed E-state index contributed by atoms with van der Waals surface area (Å²) in [5.41, 5.74) is 1.15. The van der Waals surface area contributed by atoms with Crippen molar-refractivity contribution < 1.29 is 23.0 Å². The quantitative estimate of drug-likeness (QED) is 0.692. The van der Waals surface area contributed by atoms with Gasteiger partial charge in [0, 0.05) is 39.3 Å². The van der Waals surface area contributed by atoms with Crippen molar-refractivity contribution in [2.75, 3.05) is 39.3 Å². The van der Waals surface area contributed by atoms with Crippen LogP contribution in [0.5, 0.6) is 5.75 Å². The van der Waals surface area contributed by atoms with E-state index >= 15 is 0 Å². The number of ether oxygens (including phenoxy) is 1. The van der Waals surface area contributed by atoms with Crippen molar-refractivity contribution in [3.05, 3.63) is 65.2 Å². The van der Waals surface area contributed by atoms with Crippen molar-refractivity contribution in [3.8, 4) is 11.8 Å². The fourth-order valence-corrected chi connectivity index (χ4v) is 3.53. The zero-order valence-electron chi connectivity index (χ0n) is 17.2. The molecule has 1 heterocycles. The number of piperazine rings is 1. The molecule has 2 aromatic carbocycles. The fourth-order valence-electron chi connectivity index (χ4n) is 3.53. The highest BCUT2D eigenvalue weighted by atomic mass is 19.4. The maximum atomic E-state index is 12.7. The Balaban J connectivity index is 1.37. The lowest BCUT2D eigenvalue weighted by Gasteiger charge is -2.35. The Labute approximate surface area is 180 Å². The maximum Gasteiger partial charge on any atom is 0.416 e. The minimum Gasteiger partial charge on any atom is -0.491 e. The average Bonchev–Trinajstić information content (AvgIpc) is 2.75. The van der Waals surface area contributed by atoms with Crippen molar-refractivity contribution in [2.24, 2.45) is 0 Å². The van der Waals surface area contributed by atoms with Gasteiger partial charge < -0.3 is 9.84 Å². The maximum absolute atomic E-state index is 12.7. The summed E-state index contributed by atoms with van der Waals surface area (Å²) < 4.78 is 43.6. The Kier molecular flexibility index (Phi) is 7.91. The zero-order valence-corrected chi connectivity index (χ0v) is 17.2. The predicted molar refractivity (Wildman–Crippen MR) is 110 cm³/mol. The molecule has 5 nitrogen and oxygen atoms in total. The molecular weight excluding hydrogens is 407 g/mol. The van der Waals surface area contributed by atoms with Crippen LogP contribution in [0.3, 0.4) is 0 Å². The molecule has 0 aromatic heterocycles. The number of aliphatic hydroxyl groups is 1. The number of rotatable bonds is 8. The van der Waals surface area contributed by atoms with Crippen LogP contribution in [0.4, 0.5) is 13.2 Å². The van der Waals surface area contributed by atoms with E-state index in [1.54, 1.807) is 12.1 Å². The van der Waals surface area contributed by atoms with Gasteiger partial charge in [-0.2, -0.15) is 18.4 Å². The third kappa shape index (κ3) is 7.24. The lowest BCUT2D eigenvalue weighted by atomic mass is 10.1. The van der Waals surface area contributed by atoms with Crippen LogP contribution in [0.15, 0.2) is 48.5 Å². The normalized spacial score (nSPS) is 16.6. The number of aliphatic hydroxyl groups excluding tert-OH is 1. The lowest BCUT2D eigenvalue weighted by molar-refractivity contribution is -0.137. The van der Waals surface area contributed by atoms with Crippen molar-refractivity contribution in [1.82, 2.24) is 9.80 Å². The van der Waals surface area contributed by atoms with Gasteiger partial charge in [-0.3, -0.25) is 9.80 Å². The molecule has 1 aliphatic heterocycles. The Morgan fingerprint density at radius 1 is 0.935 bits per heavy atom. The van der Waals surface area contributed by atoms with Crippen molar-refractivity contribution in [2.45, 2.75) is 25.2 Å². The zero-order chi connectivity index (χ0) is 22.3. The van der Waals surface area contributed by atoms with Gasteiger partial charge in [0.2, 0.25) is 0 Å². The monoisotopic (exact) mass is 433 g/mol. The van der Waals surface area contributed by atoms with Gasteiger partial charge >= 0.3 is 6.18 Å². The van der Waals surface area contributed by atoms with Crippen LogP contribution in [0.1, 0.15) is 16.7 Å². The summed E-state index contributed by atoms with van der Waals surface area (Å²) >= 11 is 0. The van der Waals surface area contributed by atoms with Crippen LogP contribution in [-0.2, 0) is 19.1 Å². The number of benzene rings is 2. The molecule has 1 aliphatic rings. The van der Waals surface area contributed by atoms with Crippen LogP contribution in [-0.4, -0.2) is 60.3 Å². The molecule has 31 heavy (non-hydrogen) atoms. The van der Waals surface area contributed by atoms with E-state index in [4.69, 9.17) is 10.00 Å². The Bertz CT molecular complexity index is 856. The highest BCUT2D eigenvalue weighted by Gasteiger charge is 2.30. The number of halogens is 3. The topological polar surface area (TPSA) is 59.7 Å². The molecule has 1 fully saturated rings. The number of nitrogens with zero attached hydrogens (tertiary/aromatic N) is 3. The lowest BCUT2D eigenvalue weighted by Crippen LogP contribution is -2.48. The number of β-amino-alcohol motifs (C(OH)–C–C–N with tert-alkyl or cyclic N) is 1. The van der Waals surface area contributed by atoms with E-state index in [1.807, 2.05) is 12.1 Å². The van der Waals surface area contributed by atoms with Gasteiger partial charge in [0.15, 0.2) is 0 Å². The van der Waals surface area contributed by atoms with Crippen LogP contribution >= 0.6 is 0 Å². The second-order valence-electron chi connectivity index (χ2n) is 7.72. The first-order chi connectivity index (χ1) is 14.8. The first kappa shape index (κ1) is 23.1. The minimum atomic E-state index is -4.31. The van der Waals surface area contributed by atoms with Crippen LogP contribution in [0.2, 0.25) is 0 Å². The van der Waals surface area contributed by atoms with Crippen molar-refractivity contribution in [3.63, 3.8) is 0 Å². The van der Waals surface area contributed by atoms with E-state index in [-0.39, 0.29) is 6.61 Å². The fraction of sp³-hybridized carbons (Fsp3) is 0.435. The second-order valence-corrected chi connectivity index (χ2v) is 7.72. The summed E-state index contributed by atoms with van der Waals surface area (Å²) in [4.78, 5) is 4.36. The summed E-state index contributed by atoms with van der Waals surface area (Å²) in [5, 5.41) is 19.0. The summed E-state index contributed by atoms with van der Waals surface area (Å²) in [7, 11) is 0. The molecule has 1 unspecified atom stereocenters. The van der Waals surface area contributed by atoms with E-state index in [1.165, 1.54) is 12.1 Å². The van der Waals surface area contributed by atoms with E-state index in [0.29, 0.717) is 25.3 Å². The van der Waals surface area contributed by atoms with Gasteiger partial charge in [0.25, 0.3) is 0 Å². The summed E-state index contributed by atoms with van der Waals surface area (Å²) in [6, 6.07) is 14.7. The van der Waals surface area contributed by atoms with Gasteiger partial charge in [0.1, 0.15) is 18.5 Å². The van der Waals surface area contributed by atoms with Crippen LogP contribution < -0.4 is 4.74 Å². The van der Waals surface area contributed by atoms with Gasteiger partial charge in [-0.15, -0.1) is 0 Å². The highest BCUT2D eigenvalue weighted by Crippen LogP contribution is 2.29.